The Bertz CT molecular complexity index is 718. The van der Waals surface area contributed by atoms with Crippen molar-refractivity contribution in [3.63, 3.8) is 0 Å². The quantitative estimate of drug-likeness (QED) is 0.740. The zero-order chi connectivity index (χ0) is 17.4. The number of rotatable bonds is 3. The van der Waals surface area contributed by atoms with Crippen molar-refractivity contribution in [3.05, 3.63) is 58.4 Å². The lowest BCUT2D eigenvalue weighted by Gasteiger charge is -2.22. The molecule has 0 aliphatic rings. The summed E-state index contributed by atoms with van der Waals surface area (Å²) >= 11 is 6.07. The number of halogens is 2. The van der Waals surface area contributed by atoms with Crippen molar-refractivity contribution < 1.29 is 8.96 Å². The second-order valence-electron chi connectivity index (χ2n) is 7.81. The molecule has 2 nitrogen and oxygen atoms in total. The topological polar surface area (TPSA) is 16.8 Å². The molecule has 0 N–H and O–H groups in total. The minimum absolute atomic E-state index is 0.0941. The maximum atomic E-state index is 14.0. The van der Waals surface area contributed by atoms with Crippen molar-refractivity contribution in [1.82, 2.24) is 4.98 Å². The molecule has 2 aromatic heterocycles. The first-order valence-corrected chi connectivity index (χ1v) is 8.20. The molecule has 0 aliphatic heterocycles. The zero-order valence-corrected chi connectivity index (χ0v) is 15.5. The van der Waals surface area contributed by atoms with E-state index >= 15 is 0 Å². The summed E-state index contributed by atoms with van der Waals surface area (Å²) in [4.78, 5) is 4.60. The Hall–Kier alpha value is -1.48. The first-order chi connectivity index (χ1) is 10.5. The SMILES string of the molecule is Cc1nc(C(C)(C)C[n+]2cc(F)cc(C(C)(C)C)c2)ccc1Cl. The van der Waals surface area contributed by atoms with E-state index in [-0.39, 0.29) is 16.6 Å². The third-order valence-corrected chi connectivity index (χ3v) is 4.45. The van der Waals surface area contributed by atoms with Gasteiger partial charge in [0.15, 0.2) is 18.6 Å². The van der Waals surface area contributed by atoms with Gasteiger partial charge in [-0.05, 0) is 44.4 Å². The second-order valence-corrected chi connectivity index (χ2v) is 8.22. The van der Waals surface area contributed by atoms with Crippen molar-refractivity contribution in [2.24, 2.45) is 0 Å². The molecule has 0 radical (unpaired) electrons. The van der Waals surface area contributed by atoms with Crippen LogP contribution in [-0.4, -0.2) is 4.98 Å². The van der Waals surface area contributed by atoms with Crippen LogP contribution in [0.5, 0.6) is 0 Å². The standard InChI is InChI=1S/C19H25ClFN2/c1-13-16(20)7-8-17(22-13)19(5,6)12-23-10-14(18(2,3)4)9-15(21)11-23/h7-11H,12H2,1-6H3/q+1. The van der Waals surface area contributed by atoms with E-state index in [1.54, 1.807) is 12.3 Å². The summed E-state index contributed by atoms with van der Waals surface area (Å²) in [5, 5.41) is 0.665. The van der Waals surface area contributed by atoms with Crippen molar-refractivity contribution >= 4 is 11.6 Å². The van der Waals surface area contributed by atoms with E-state index in [1.807, 2.05) is 29.8 Å². The number of hydrogen-bond acceptors (Lipinski definition) is 1. The molecule has 0 fully saturated rings. The maximum Gasteiger partial charge on any atom is 0.204 e. The third kappa shape index (κ3) is 4.29. The molecule has 0 amide bonds. The van der Waals surface area contributed by atoms with E-state index in [0.29, 0.717) is 11.6 Å². The lowest BCUT2D eigenvalue weighted by Crippen LogP contribution is -2.44. The van der Waals surface area contributed by atoms with Crippen molar-refractivity contribution in [3.8, 4) is 0 Å². The van der Waals surface area contributed by atoms with Crippen LogP contribution in [0.2, 0.25) is 5.02 Å². The van der Waals surface area contributed by atoms with E-state index in [4.69, 9.17) is 11.6 Å². The smallest absolute Gasteiger partial charge is 0.204 e. The summed E-state index contributed by atoms with van der Waals surface area (Å²) in [5.41, 5.74) is 2.42. The molecule has 0 saturated carbocycles. The molecule has 23 heavy (non-hydrogen) atoms. The zero-order valence-electron chi connectivity index (χ0n) is 14.7. The summed E-state index contributed by atoms with van der Waals surface area (Å²) < 4.78 is 15.9. The fourth-order valence-corrected chi connectivity index (χ4v) is 2.66. The van der Waals surface area contributed by atoms with Crippen molar-refractivity contribution in [2.45, 2.75) is 58.9 Å². The Morgan fingerprint density at radius 3 is 2.35 bits per heavy atom. The van der Waals surface area contributed by atoms with Gasteiger partial charge < -0.3 is 0 Å². The fourth-order valence-electron chi connectivity index (χ4n) is 2.56. The molecule has 0 bridgehead atoms. The molecule has 124 valence electrons. The van der Waals surface area contributed by atoms with Crippen LogP contribution in [0.15, 0.2) is 30.6 Å². The highest BCUT2D eigenvalue weighted by Crippen LogP contribution is 2.25. The molecule has 0 saturated heterocycles. The van der Waals surface area contributed by atoms with Gasteiger partial charge >= 0.3 is 0 Å². The molecule has 0 aliphatic carbocycles. The fraction of sp³-hybridized carbons (Fsp3) is 0.474. The highest BCUT2D eigenvalue weighted by molar-refractivity contribution is 6.31. The van der Waals surface area contributed by atoms with Crippen LogP contribution in [0.4, 0.5) is 4.39 Å². The van der Waals surface area contributed by atoms with E-state index in [9.17, 15) is 4.39 Å². The Labute approximate surface area is 143 Å². The Balaban J connectivity index is 2.36. The van der Waals surface area contributed by atoms with E-state index in [1.165, 1.54) is 0 Å². The molecule has 2 heterocycles. The van der Waals surface area contributed by atoms with Crippen LogP contribution < -0.4 is 4.57 Å². The molecule has 2 rings (SSSR count). The first kappa shape index (κ1) is 17.9. The van der Waals surface area contributed by atoms with Crippen LogP contribution in [0.25, 0.3) is 0 Å². The average molecular weight is 336 g/mol. The van der Waals surface area contributed by atoms with Crippen LogP contribution in [-0.2, 0) is 17.4 Å². The van der Waals surface area contributed by atoms with Gasteiger partial charge in [0, 0.05) is 5.56 Å². The summed E-state index contributed by atoms with van der Waals surface area (Å²) in [6.45, 7) is 13.0. The highest BCUT2D eigenvalue weighted by Gasteiger charge is 2.29. The first-order valence-electron chi connectivity index (χ1n) is 7.83. The Morgan fingerprint density at radius 1 is 1.13 bits per heavy atom. The molecule has 0 atom stereocenters. The monoisotopic (exact) mass is 335 g/mol. The molecule has 4 heteroatoms. The summed E-state index contributed by atoms with van der Waals surface area (Å²) in [7, 11) is 0. The van der Waals surface area contributed by atoms with Gasteiger partial charge in [-0.2, -0.15) is 0 Å². The highest BCUT2D eigenvalue weighted by atomic mass is 35.5. The van der Waals surface area contributed by atoms with Gasteiger partial charge in [0.1, 0.15) is 0 Å². The van der Waals surface area contributed by atoms with Crippen molar-refractivity contribution in [2.75, 3.05) is 0 Å². The predicted octanol–water partition coefficient (Wildman–Crippen LogP) is 4.75. The number of nitrogens with zero attached hydrogens (tertiary/aromatic N) is 2. The third-order valence-electron chi connectivity index (χ3n) is 4.05. The second kappa shape index (κ2) is 6.20. The van der Waals surface area contributed by atoms with E-state index in [2.05, 4.69) is 39.6 Å². The number of hydrogen-bond donors (Lipinski definition) is 0. The van der Waals surface area contributed by atoms with Crippen LogP contribution in [0, 0.1) is 12.7 Å². The van der Waals surface area contributed by atoms with Crippen LogP contribution >= 0.6 is 11.6 Å². The van der Waals surface area contributed by atoms with Crippen LogP contribution in [0.1, 0.15) is 51.6 Å². The van der Waals surface area contributed by atoms with Gasteiger partial charge in [0.25, 0.3) is 0 Å². The number of aromatic nitrogens is 2. The molecular weight excluding hydrogens is 311 g/mol. The minimum atomic E-state index is -0.233. The summed E-state index contributed by atoms with van der Waals surface area (Å²) in [6, 6.07) is 5.42. The minimum Gasteiger partial charge on any atom is -0.256 e. The lowest BCUT2D eigenvalue weighted by molar-refractivity contribution is -0.706. The van der Waals surface area contributed by atoms with Crippen molar-refractivity contribution in [1.29, 1.82) is 0 Å². The average Bonchev–Trinajstić information content (AvgIpc) is 2.39. The van der Waals surface area contributed by atoms with Gasteiger partial charge in [-0.25, -0.2) is 8.96 Å². The molecule has 0 aromatic carbocycles. The lowest BCUT2D eigenvalue weighted by atomic mass is 9.86. The molecule has 0 spiro atoms. The Morgan fingerprint density at radius 2 is 1.78 bits per heavy atom. The van der Waals surface area contributed by atoms with Gasteiger partial charge in [-0.3, -0.25) is 4.98 Å². The van der Waals surface area contributed by atoms with Gasteiger partial charge in [-0.15, -0.1) is 0 Å². The maximum absolute atomic E-state index is 14.0. The van der Waals surface area contributed by atoms with E-state index < -0.39 is 0 Å². The molecule has 0 unspecified atom stereocenters. The summed E-state index contributed by atoms with van der Waals surface area (Å²) in [6.07, 6.45) is 3.56. The van der Waals surface area contributed by atoms with Gasteiger partial charge in [0.2, 0.25) is 6.20 Å². The summed E-state index contributed by atoms with van der Waals surface area (Å²) in [5.74, 6) is -0.214. The number of aryl methyl sites for hydroxylation is 1. The largest absolute Gasteiger partial charge is 0.256 e. The van der Waals surface area contributed by atoms with Crippen LogP contribution in [0.3, 0.4) is 0 Å². The normalized spacial score (nSPS) is 12.5. The Kier molecular flexibility index (Phi) is 4.81. The molecule has 2 aromatic rings. The predicted molar refractivity (Wildman–Crippen MR) is 92.3 cm³/mol. The van der Waals surface area contributed by atoms with Gasteiger partial charge in [0.05, 0.1) is 21.8 Å². The van der Waals surface area contributed by atoms with E-state index in [0.717, 1.165) is 17.0 Å². The molecular formula is C19H25ClFN2+. The van der Waals surface area contributed by atoms with Gasteiger partial charge in [-0.1, -0.05) is 32.4 Å². The number of pyridine rings is 2.